The van der Waals surface area contributed by atoms with Crippen LogP contribution in [0.5, 0.6) is 11.5 Å². The first-order chi connectivity index (χ1) is 11.6. The van der Waals surface area contributed by atoms with E-state index in [-0.39, 0.29) is 0 Å². The molecule has 0 radical (unpaired) electrons. The minimum absolute atomic E-state index is 0.446. The lowest BCUT2D eigenvalue weighted by Crippen LogP contribution is -2.27. The van der Waals surface area contributed by atoms with Gasteiger partial charge in [-0.05, 0) is 49.0 Å². The molecule has 2 aromatic rings. The van der Waals surface area contributed by atoms with Gasteiger partial charge in [-0.15, -0.1) is 0 Å². The predicted octanol–water partition coefficient (Wildman–Crippen LogP) is 5.29. The van der Waals surface area contributed by atoms with E-state index in [0.717, 1.165) is 30.9 Å². The summed E-state index contributed by atoms with van der Waals surface area (Å²) in [5, 5.41) is 1.11. The molecule has 24 heavy (non-hydrogen) atoms. The topological polar surface area (TPSA) is 21.7 Å². The monoisotopic (exact) mass is 367 g/mol. The van der Waals surface area contributed by atoms with Crippen molar-refractivity contribution in [3.05, 3.63) is 58.1 Å². The van der Waals surface area contributed by atoms with Crippen LogP contribution in [0.15, 0.2) is 42.5 Å². The maximum absolute atomic E-state index is 6.09. The number of nitrogens with zero attached hydrogens (tertiary/aromatic N) is 1. The highest BCUT2D eigenvalue weighted by molar-refractivity contribution is 6.35. The van der Waals surface area contributed by atoms with Crippen LogP contribution in [-0.2, 0) is 6.61 Å². The molecule has 5 heteroatoms. The minimum Gasteiger partial charge on any atom is -0.492 e. The quantitative estimate of drug-likeness (QED) is 0.600. The lowest BCUT2D eigenvalue weighted by molar-refractivity contribution is 0.222. The van der Waals surface area contributed by atoms with Gasteiger partial charge in [0.15, 0.2) is 0 Å². The molecule has 0 aliphatic carbocycles. The third kappa shape index (κ3) is 5.90. The number of likely N-dealkylation sites (N-methyl/N-ethyl adjacent to an activating group) is 1. The van der Waals surface area contributed by atoms with E-state index < -0.39 is 0 Å². The molecule has 2 rings (SSSR count). The molecule has 0 aliphatic rings. The standard InChI is InChI=1S/C19H23Cl2NO2/c1-3-22(4-2)11-12-23-17-8-5-15(6-9-17)14-24-19-10-7-16(20)13-18(19)21/h5-10,13H,3-4,11-12,14H2,1-2H3. The van der Waals surface area contributed by atoms with Crippen LogP contribution in [0.25, 0.3) is 0 Å². The van der Waals surface area contributed by atoms with Crippen molar-refractivity contribution in [2.75, 3.05) is 26.2 Å². The fourth-order valence-electron chi connectivity index (χ4n) is 2.27. The summed E-state index contributed by atoms with van der Waals surface area (Å²) in [6.07, 6.45) is 0. The molecule has 0 fully saturated rings. The van der Waals surface area contributed by atoms with E-state index in [1.807, 2.05) is 24.3 Å². The second-order valence-corrected chi connectivity index (χ2v) is 6.23. The second-order valence-electron chi connectivity index (χ2n) is 5.38. The molecule has 0 heterocycles. The highest BCUT2D eigenvalue weighted by Crippen LogP contribution is 2.28. The van der Waals surface area contributed by atoms with Crippen LogP contribution in [0.1, 0.15) is 19.4 Å². The first-order valence-corrected chi connectivity index (χ1v) is 8.90. The number of benzene rings is 2. The molecule has 0 aromatic heterocycles. The molecule has 0 spiro atoms. The summed E-state index contributed by atoms with van der Waals surface area (Å²) in [5.41, 5.74) is 1.05. The van der Waals surface area contributed by atoms with Gasteiger partial charge in [0.05, 0.1) is 5.02 Å². The van der Waals surface area contributed by atoms with E-state index in [2.05, 4.69) is 18.7 Å². The second kappa shape index (κ2) is 9.77. The zero-order valence-electron chi connectivity index (χ0n) is 14.1. The van der Waals surface area contributed by atoms with Crippen molar-refractivity contribution in [2.24, 2.45) is 0 Å². The molecule has 130 valence electrons. The summed E-state index contributed by atoms with van der Waals surface area (Å²) in [6.45, 7) is 8.48. The van der Waals surface area contributed by atoms with Gasteiger partial charge in [-0.3, -0.25) is 0 Å². The van der Waals surface area contributed by atoms with E-state index in [9.17, 15) is 0 Å². The van der Waals surface area contributed by atoms with Crippen LogP contribution in [-0.4, -0.2) is 31.1 Å². The molecule has 3 nitrogen and oxygen atoms in total. The summed E-state index contributed by atoms with van der Waals surface area (Å²) in [4.78, 5) is 2.33. The van der Waals surface area contributed by atoms with E-state index in [1.165, 1.54) is 0 Å². The van der Waals surface area contributed by atoms with Gasteiger partial charge < -0.3 is 14.4 Å². The lowest BCUT2D eigenvalue weighted by atomic mass is 10.2. The largest absolute Gasteiger partial charge is 0.492 e. The summed E-state index contributed by atoms with van der Waals surface area (Å²) in [6, 6.07) is 13.1. The van der Waals surface area contributed by atoms with E-state index in [0.29, 0.717) is 29.0 Å². The van der Waals surface area contributed by atoms with Crippen LogP contribution in [0, 0.1) is 0 Å². The van der Waals surface area contributed by atoms with Crippen molar-refractivity contribution in [1.29, 1.82) is 0 Å². The van der Waals surface area contributed by atoms with Gasteiger partial charge in [-0.25, -0.2) is 0 Å². The first-order valence-electron chi connectivity index (χ1n) is 8.14. The minimum atomic E-state index is 0.446. The number of rotatable bonds is 9. The van der Waals surface area contributed by atoms with Gasteiger partial charge >= 0.3 is 0 Å². The molecule has 0 aliphatic heterocycles. The number of halogens is 2. The molecule has 0 atom stereocenters. The Morgan fingerprint density at radius 3 is 2.25 bits per heavy atom. The van der Waals surface area contributed by atoms with Crippen molar-refractivity contribution in [3.8, 4) is 11.5 Å². The molecule has 2 aromatic carbocycles. The van der Waals surface area contributed by atoms with Gasteiger partial charge in [0, 0.05) is 11.6 Å². The Bertz CT molecular complexity index is 628. The fraction of sp³-hybridized carbons (Fsp3) is 0.368. The Hall–Kier alpha value is -1.42. The normalized spacial score (nSPS) is 10.9. The Balaban J connectivity index is 1.81. The van der Waals surface area contributed by atoms with Gasteiger partial charge in [0.2, 0.25) is 0 Å². The van der Waals surface area contributed by atoms with Crippen molar-refractivity contribution < 1.29 is 9.47 Å². The maximum Gasteiger partial charge on any atom is 0.138 e. The zero-order valence-corrected chi connectivity index (χ0v) is 15.6. The predicted molar refractivity (Wildman–Crippen MR) is 101 cm³/mol. The smallest absolute Gasteiger partial charge is 0.138 e. The van der Waals surface area contributed by atoms with Gasteiger partial charge in [-0.1, -0.05) is 49.2 Å². The van der Waals surface area contributed by atoms with Crippen molar-refractivity contribution >= 4 is 23.2 Å². The molecular weight excluding hydrogens is 345 g/mol. The van der Waals surface area contributed by atoms with Crippen LogP contribution in [0.4, 0.5) is 0 Å². The number of ether oxygens (including phenoxy) is 2. The highest BCUT2D eigenvalue weighted by Gasteiger charge is 2.04. The maximum atomic E-state index is 6.09. The highest BCUT2D eigenvalue weighted by atomic mass is 35.5. The van der Waals surface area contributed by atoms with Crippen molar-refractivity contribution in [3.63, 3.8) is 0 Å². The Morgan fingerprint density at radius 1 is 0.917 bits per heavy atom. The van der Waals surface area contributed by atoms with Gasteiger partial charge in [0.1, 0.15) is 24.7 Å². The van der Waals surface area contributed by atoms with E-state index >= 15 is 0 Å². The molecule has 0 unspecified atom stereocenters. The summed E-state index contributed by atoms with van der Waals surface area (Å²) >= 11 is 12.0. The fourth-order valence-corrected chi connectivity index (χ4v) is 2.73. The average Bonchev–Trinajstić information content (AvgIpc) is 2.59. The average molecular weight is 368 g/mol. The van der Waals surface area contributed by atoms with Gasteiger partial charge in [0.25, 0.3) is 0 Å². The summed E-state index contributed by atoms with van der Waals surface area (Å²) in [5.74, 6) is 1.50. The first kappa shape index (κ1) is 18.9. The van der Waals surface area contributed by atoms with Crippen molar-refractivity contribution in [2.45, 2.75) is 20.5 Å². The van der Waals surface area contributed by atoms with Crippen LogP contribution in [0.3, 0.4) is 0 Å². The molecule has 0 saturated heterocycles. The van der Waals surface area contributed by atoms with E-state index in [1.54, 1.807) is 18.2 Å². The molecule has 0 saturated carbocycles. The lowest BCUT2D eigenvalue weighted by Gasteiger charge is -2.18. The molecular formula is C19H23Cl2NO2. The number of hydrogen-bond donors (Lipinski definition) is 0. The number of hydrogen-bond acceptors (Lipinski definition) is 3. The molecule has 0 bridgehead atoms. The molecule has 0 N–H and O–H groups in total. The zero-order chi connectivity index (χ0) is 17.4. The van der Waals surface area contributed by atoms with Crippen LogP contribution < -0.4 is 9.47 Å². The van der Waals surface area contributed by atoms with Crippen LogP contribution >= 0.6 is 23.2 Å². The summed E-state index contributed by atoms with van der Waals surface area (Å²) in [7, 11) is 0. The third-order valence-corrected chi connectivity index (χ3v) is 4.31. The molecule has 0 amide bonds. The third-order valence-electron chi connectivity index (χ3n) is 3.78. The van der Waals surface area contributed by atoms with Crippen molar-refractivity contribution in [1.82, 2.24) is 4.90 Å². The Labute approximate surface area is 154 Å². The van der Waals surface area contributed by atoms with E-state index in [4.69, 9.17) is 32.7 Å². The van der Waals surface area contributed by atoms with Crippen LogP contribution in [0.2, 0.25) is 10.0 Å². The Kier molecular flexibility index (Phi) is 7.70. The SMILES string of the molecule is CCN(CC)CCOc1ccc(COc2ccc(Cl)cc2Cl)cc1. The van der Waals surface area contributed by atoms with Gasteiger partial charge in [-0.2, -0.15) is 0 Å². The Morgan fingerprint density at radius 2 is 1.62 bits per heavy atom. The summed E-state index contributed by atoms with van der Waals surface area (Å²) < 4.78 is 11.5.